The number of rotatable bonds is 4. The van der Waals surface area contributed by atoms with Crippen molar-refractivity contribution in [1.29, 1.82) is 0 Å². The highest BCUT2D eigenvalue weighted by Crippen LogP contribution is 1.98. The second kappa shape index (κ2) is 6.35. The number of hydrazine groups is 1. The SMILES string of the molecule is CN1CCN(NC(=O)CNC(=O)c2ccco2)CC1. The maximum atomic E-state index is 11.7. The molecule has 1 aromatic heterocycles. The van der Waals surface area contributed by atoms with Crippen molar-refractivity contribution in [3.8, 4) is 0 Å². The zero-order chi connectivity index (χ0) is 13.7. The maximum absolute atomic E-state index is 11.7. The van der Waals surface area contributed by atoms with Crippen molar-refractivity contribution in [1.82, 2.24) is 20.7 Å². The van der Waals surface area contributed by atoms with E-state index in [-0.39, 0.29) is 18.2 Å². The van der Waals surface area contributed by atoms with Gasteiger partial charge in [-0.3, -0.25) is 15.0 Å². The van der Waals surface area contributed by atoms with Gasteiger partial charge >= 0.3 is 0 Å². The molecule has 19 heavy (non-hydrogen) atoms. The molecule has 0 unspecified atom stereocenters. The van der Waals surface area contributed by atoms with E-state index in [1.165, 1.54) is 6.26 Å². The molecule has 0 aliphatic carbocycles. The number of piperazine rings is 1. The average Bonchev–Trinajstić information content (AvgIpc) is 2.93. The predicted molar refractivity (Wildman–Crippen MR) is 68.3 cm³/mol. The zero-order valence-corrected chi connectivity index (χ0v) is 10.9. The molecule has 1 aliphatic rings. The van der Waals surface area contributed by atoms with E-state index in [0.29, 0.717) is 0 Å². The maximum Gasteiger partial charge on any atom is 0.287 e. The van der Waals surface area contributed by atoms with Crippen LogP contribution in [-0.4, -0.2) is 61.5 Å². The van der Waals surface area contributed by atoms with Crippen LogP contribution in [0.4, 0.5) is 0 Å². The van der Waals surface area contributed by atoms with Crippen LogP contribution in [-0.2, 0) is 4.79 Å². The lowest BCUT2D eigenvalue weighted by Crippen LogP contribution is -2.54. The van der Waals surface area contributed by atoms with Gasteiger partial charge in [0.25, 0.3) is 11.8 Å². The molecular formula is C12H18N4O3. The first-order valence-electron chi connectivity index (χ1n) is 6.20. The Morgan fingerprint density at radius 1 is 1.32 bits per heavy atom. The Morgan fingerprint density at radius 3 is 2.68 bits per heavy atom. The number of nitrogens with zero attached hydrogens (tertiary/aromatic N) is 2. The van der Waals surface area contributed by atoms with Crippen LogP contribution in [0.2, 0.25) is 0 Å². The van der Waals surface area contributed by atoms with Gasteiger partial charge < -0.3 is 14.6 Å². The second-order valence-electron chi connectivity index (χ2n) is 4.49. The molecule has 0 atom stereocenters. The summed E-state index contributed by atoms with van der Waals surface area (Å²) in [5, 5.41) is 4.36. The van der Waals surface area contributed by atoms with Crippen LogP contribution in [0.15, 0.2) is 22.8 Å². The van der Waals surface area contributed by atoms with Crippen LogP contribution in [0.3, 0.4) is 0 Å². The van der Waals surface area contributed by atoms with Gasteiger partial charge in [-0.05, 0) is 19.2 Å². The number of carbonyl (C=O) groups is 2. The molecule has 1 aromatic rings. The number of hydrogen-bond donors (Lipinski definition) is 2. The Kier molecular flexibility index (Phi) is 4.53. The van der Waals surface area contributed by atoms with Crippen LogP contribution < -0.4 is 10.7 Å². The van der Waals surface area contributed by atoms with Gasteiger partial charge in [-0.2, -0.15) is 0 Å². The summed E-state index contributed by atoms with van der Waals surface area (Å²) in [4.78, 5) is 25.4. The molecule has 0 radical (unpaired) electrons. The second-order valence-corrected chi connectivity index (χ2v) is 4.49. The molecule has 0 spiro atoms. The van der Waals surface area contributed by atoms with Crippen LogP contribution in [0, 0.1) is 0 Å². The summed E-state index contributed by atoms with van der Waals surface area (Å²) < 4.78 is 4.93. The van der Waals surface area contributed by atoms with E-state index in [2.05, 4.69) is 15.6 Å². The third-order valence-electron chi connectivity index (χ3n) is 2.94. The first-order valence-corrected chi connectivity index (χ1v) is 6.20. The van der Waals surface area contributed by atoms with Crippen molar-refractivity contribution in [2.24, 2.45) is 0 Å². The molecule has 7 heteroatoms. The lowest BCUT2D eigenvalue weighted by Gasteiger charge is -2.32. The standard InChI is InChI=1S/C12H18N4O3/c1-15-4-6-16(7-5-15)14-11(17)9-13-12(18)10-3-2-8-19-10/h2-3,8H,4-7,9H2,1H3,(H,13,18)(H,14,17). The minimum absolute atomic E-state index is 0.0636. The van der Waals surface area contributed by atoms with Crippen LogP contribution >= 0.6 is 0 Å². The molecule has 0 bridgehead atoms. The van der Waals surface area contributed by atoms with E-state index in [1.54, 1.807) is 12.1 Å². The molecule has 1 saturated heterocycles. The van der Waals surface area contributed by atoms with Crippen molar-refractivity contribution in [3.05, 3.63) is 24.2 Å². The number of furan rings is 1. The minimum atomic E-state index is -0.390. The van der Waals surface area contributed by atoms with Gasteiger partial charge in [0.05, 0.1) is 12.8 Å². The number of amides is 2. The monoisotopic (exact) mass is 266 g/mol. The Hall–Kier alpha value is -1.86. The van der Waals surface area contributed by atoms with Gasteiger partial charge in [0.2, 0.25) is 0 Å². The molecule has 0 aromatic carbocycles. The molecule has 2 heterocycles. The smallest absolute Gasteiger partial charge is 0.287 e. The van der Waals surface area contributed by atoms with E-state index in [0.717, 1.165) is 26.2 Å². The van der Waals surface area contributed by atoms with Gasteiger partial charge in [0, 0.05) is 26.2 Å². The number of hydrogen-bond acceptors (Lipinski definition) is 5. The molecule has 7 nitrogen and oxygen atoms in total. The molecule has 1 fully saturated rings. The molecular weight excluding hydrogens is 248 g/mol. The molecule has 2 N–H and O–H groups in total. The fourth-order valence-corrected chi connectivity index (χ4v) is 1.79. The Labute approximate surface area is 111 Å². The molecule has 1 aliphatic heterocycles. The summed E-state index contributed by atoms with van der Waals surface area (Å²) in [6.07, 6.45) is 1.42. The van der Waals surface area contributed by atoms with Crippen molar-refractivity contribution in [2.75, 3.05) is 39.8 Å². The summed E-state index contributed by atoms with van der Waals surface area (Å²) in [7, 11) is 2.04. The fraction of sp³-hybridized carbons (Fsp3) is 0.500. The number of carbonyl (C=O) groups excluding carboxylic acids is 2. The Balaban J connectivity index is 1.69. The van der Waals surface area contributed by atoms with E-state index >= 15 is 0 Å². The van der Waals surface area contributed by atoms with E-state index in [1.807, 2.05) is 12.1 Å². The summed E-state index contributed by atoms with van der Waals surface area (Å²) in [5.74, 6) is -0.421. The zero-order valence-electron chi connectivity index (χ0n) is 10.9. The van der Waals surface area contributed by atoms with Crippen molar-refractivity contribution >= 4 is 11.8 Å². The first kappa shape index (κ1) is 13.6. The largest absolute Gasteiger partial charge is 0.459 e. The van der Waals surface area contributed by atoms with Gasteiger partial charge in [-0.15, -0.1) is 0 Å². The highest BCUT2D eigenvalue weighted by molar-refractivity contribution is 5.94. The Morgan fingerprint density at radius 2 is 2.05 bits per heavy atom. The molecule has 104 valence electrons. The normalized spacial score (nSPS) is 17.1. The molecule has 0 saturated carbocycles. The van der Waals surface area contributed by atoms with Gasteiger partial charge in [-0.1, -0.05) is 0 Å². The summed E-state index contributed by atoms with van der Waals surface area (Å²) in [6.45, 7) is 3.34. The van der Waals surface area contributed by atoms with Gasteiger partial charge in [-0.25, -0.2) is 5.01 Å². The van der Waals surface area contributed by atoms with Gasteiger partial charge in [0.15, 0.2) is 5.76 Å². The highest BCUT2D eigenvalue weighted by Gasteiger charge is 2.16. The lowest BCUT2D eigenvalue weighted by molar-refractivity contribution is -0.125. The average molecular weight is 266 g/mol. The van der Waals surface area contributed by atoms with E-state index in [9.17, 15) is 9.59 Å². The lowest BCUT2D eigenvalue weighted by atomic mass is 10.4. The van der Waals surface area contributed by atoms with Crippen molar-refractivity contribution in [2.45, 2.75) is 0 Å². The summed E-state index contributed by atoms with van der Waals surface area (Å²) in [6, 6.07) is 3.17. The molecule has 2 amide bonds. The first-order chi connectivity index (χ1) is 9.15. The quantitative estimate of drug-likeness (QED) is 0.752. The van der Waals surface area contributed by atoms with Gasteiger partial charge in [0.1, 0.15) is 0 Å². The summed E-state index contributed by atoms with van der Waals surface area (Å²) >= 11 is 0. The predicted octanol–water partition coefficient (Wildman–Crippen LogP) is -0.712. The number of likely N-dealkylation sites (N-methyl/N-ethyl adjacent to an activating group) is 1. The van der Waals surface area contributed by atoms with Crippen molar-refractivity contribution in [3.63, 3.8) is 0 Å². The van der Waals surface area contributed by atoms with Crippen LogP contribution in [0.5, 0.6) is 0 Å². The minimum Gasteiger partial charge on any atom is -0.459 e. The topological polar surface area (TPSA) is 77.8 Å². The number of nitrogens with one attached hydrogen (secondary N) is 2. The fourth-order valence-electron chi connectivity index (χ4n) is 1.79. The van der Waals surface area contributed by atoms with Crippen LogP contribution in [0.25, 0.3) is 0 Å². The van der Waals surface area contributed by atoms with Crippen molar-refractivity contribution < 1.29 is 14.0 Å². The third-order valence-corrected chi connectivity index (χ3v) is 2.94. The van der Waals surface area contributed by atoms with E-state index in [4.69, 9.17) is 4.42 Å². The summed E-state index contributed by atoms with van der Waals surface area (Å²) in [5.41, 5.74) is 2.76. The Bertz CT molecular complexity index is 424. The van der Waals surface area contributed by atoms with Crippen LogP contribution in [0.1, 0.15) is 10.6 Å². The highest BCUT2D eigenvalue weighted by atomic mass is 16.3. The third kappa shape index (κ3) is 4.08. The van der Waals surface area contributed by atoms with E-state index < -0.39 is 5.91 Å². The molecule has 2 rings (SSSR count).